The number of esters is 1. The molecule has 0 aliphatic rings. The van der Waals surface area contributed by atoms with E-state index in [9.17, 15) is 9.59 Å². The van der Waals surface area contributed by atoms with Crippen LogP contribution >= 0.6 is 0 Å². The second-order valence-electron chi connectivity index (χ2n) is 4.94. The molecule has 0 aliphatic carbocycles. The molecule has 0 saturated carbocycles. The van der Waals surface area contributed by atoms with E-state index < -0.39 is 11.9 Å². The Morgan fingerprint density at radius 2 is 1.89 bits per heavy atom. The van der Waals surface area contributed by atoms with Gasteiger partial charge in [-0.05, 0) is 27.2 Å². The van der Waals surface area contributed by atoms with Crippen molar-refractivity contribution >= 4 is 11.9 Å². The number of carboxylic acids is 1. The summed E-state index contributed by atoms with van der Waals surface area (Å²) in [5.41, 5.74) is -0.160. The van der Waals surface area contributed by atoms with Gasteiger partial charge in [0.1, 0.15) is 6.10 Å². The number of hydrogen-bond donors (Lipinski definition) is 1. The van der Waals surface area contributed by atoms with Gasteiger partial charge in [-0.2, -0.15) is 0 Å². The fourth-order valence-electron chi connectivity index (χ4n) is 1.15. The molecule has 0 amide bonds. The van der Waals surface area contributed by atoms with Gasteiger partial charge in [-0.1, -0.05) is 6.92 Å². The molecule has 18 heavy (non-hydrogen) atoms. The van der Waals surface area contributed by atoms with Gasteiger partial charge in [-0.25, -0.2) is 0 Å². The Bertz CT molecular complexity index is 273. The molecule has 1 N–H and O–H groups in total. The van der Waals surface area contributed by atoms with Crippen molar-refractivity contribution in [1.29, 1.82) is 0 Å². The zero-order chi connectivity index (χ0) is 14.2. The third-order valence-electron chi connectivity index (χ3n) is 2.74. The summed E-state index contributed by atoms with van der Waals surface area (Å²) >= 11 is 0. The molecular weight excluding hydrogens is 236 g/mol. The van der Waals surface area contributed by atoms with E-state index in [0.29, 0.717) is 13.0 Å². The predicted octanol–water partition coefficient (Wildman–Crippen LogP) is 2.38. The van der Waals surface area contributed by atoms with Gasteiger partial charge in [-0.15, -0.1) is 0 Å². The Hall–Kier alpha value is -1.10. The van der Waals surface area contributed by atoms with E-state index >= 15 is 0 Å². The molecule has 0 aliphatic heterocycles. The Balaban J connectivity index is 3.74. The number of ether oxygens (including phenoxy) is 2. The lowest BCUT2D eigenvalue weighted by Crippen LogP contribution is -2.26. The maximum absolute atomic E-state index is 11.2. The minimum Gasteiger partial charge on any atom is -0.481 e. The first-order valence-corrected chi connectivity index (χ1v) is 6.32. The first-order valence-electron chi connectivity index (χ1n) is 6.32. The lowest BCUT2D eigenvalue weighted by molar-refractivity contribution is -0.152. The lowest BCUT2D eigenvalue weighted by atomic mass is 10.1. The summed E-state index contributed by atoms with van der Waals surface area (Å²) in [6.07, 6.45) is 1.01. The van der Waals surface area contributed by atoms with Gasteiger partial charge in [0.15, 0.2) is 0 Å². The van der Waals surface area contributed by atoms with Crippen molar-refractivity contribution in [1.82, 2.24) is 0 Å². The highest BCUT2D eigenvalue weighted by molar-refractivity contribution is 5.76. The molecule has 0 fully saturated rings. The average molecular weight is 260 g/mol. The van der Waals surface area contributed by atoms with Crippen LogP contribution in [0.3, 0.4) is 0 Å². The summed E-state index contributed by atoms with van der Waals surface area (Å²) in [4.78, 5) is 21.5. The second kappa shape index (κ2) is 8.08. The van der Waals surface area contributed by atoms with E-state index in [1.54, 1.807) is 6.92 Å². The Morgan fingerprint density at radius 3 is 2.39 bits per heavy atom. The van der Waals surface area contributed by atoms with Crippen molar-refractivity contribution in [3.63, 3.8) is 0 Å². The first-order chi connectivity index (χ1) is 8.26. The van der Waals surface area contributed by atoms with E-state index in [1.165, 1.54) is 0 Å². The fraction of sp³-hybridized carbons (Fsp3) is 0.846. The van der Waals surface area contributed by atoms with Crippen molar-refractivity contribution < 1.29 is 24.2 Å². The molecule has 0 heterocycles. The minimum atomic E-state index is -0.993. The summed E-state index contributed by atoms with van der Waals surface area (Å²) in [5, 5.41) is 8.43. The SMILES string of the molecule is CCC(C)(C)OCCC(C)OC(=O)CCC(=O)O. The van der Waals surface area contributed by atoms with Crippen LogP contribution in [0.2, 0.25) is 0 Å². The highest BCUT2D eigenvalue weighted by Crippen LogP contribution is 2.14. The number of carbonyl (C=O) groups excluding carboxylic acids is 1. The molecule has 0 spiro atoms. The molecule has 0 radical (unpaired) electrons. The van der Waals surface area contributed by atoms with E-state index in [0.717, 1.165) is 6.42 Å². The van der Waals surface area contributed by atoms with Crippen molar-refractivity contribution in [2.24, 2.45) is 0 Å². The molecule has 5 nitrogen and oxygen atoms in total. The average Bonchev–Trinajstić information content (AvgIpc) is 2.26. The predicted molar refractivity (Wildman–Crippen MR) is 67.4 cm³/mol. The largest absolute Gasteiger partial charge is 0.481 e. The van der Waals surface area contributed by atoms with Crippen LogP contribution in [0.25, 0.3) is 0 Å². The number of carbonyl (C=O) groups is 2. The van der Waals surface area contributed by atoms with Gasteiger partial charge in [0.05, 0.1) is 25.0 Å². The molecule has 106 valence electrons. The third-order valence-corrected chi connectivity index (χ3v) is 2.74. The highest BCUT2D eigenvalue weighted by Gasteiger charge is 2.16. The van der Waals surface area contributed by atoms with Gasteiger partial charge in [-0.3, -0.25) is 9.59 Å². The Labute approximate surface area is 108 Å². The van der Waals surface area contributed by atoms with Gasteiger partial charge in [0, 0.05) is 6.42 Å². The summed E-state index contributed by atoms with van der Waals surface area (Å²) in [6, 6.07) is 0. The van der Waals surface area contributed by atoms with Gasteiger partial charge < -0.3 is 14.6 Å². The Kier molecular flexibility index (Phi) is 7.59. The number of rotatable bonds is 9. The van der Waals surface area contributed by atoms with Crippen LogP contribution < -0.4 is 0 Å². The molecule has 0 aromatic heterocycles. The van der Waals surface area contributed by atoms with Crippen LogP contribution in [0.15, 0.2) is 0 Å². The monoisotopic (exact) mass is 260 g/mol. The second-order valence-corrected chi connectivity index (χ2v) is 4.94. The van der Waals surface area contributed by atoms with Crippen molar-refractivity contribution in [2.75, 3.05) is 6.61 Å². The minimum absolute atomic E-state index is 0.0824. The smallest absolute Gasteiger partial charge is 0.306 e. The number of aliphatic carboxylic acids is 1. The van der Waals surface area contributed by atoms with Crippen LogP contribution in [0.5, 0.6) is 0 Å². The fourth-order valence-corrected chi connectivity index (χ4v) is 1.15. The number of hydrogen-bond acceptors (Lipinski definition) is 4. The molecule has 0 aromatic rings. The molecule has 5 heteroatoms. The highest BCUT2D eigenvalue weighted by atomic mass is 16.5. The zero-order valence-electron chi connectivity index (χ0n) is 11.7. The van der Waals surface area contributed by atoms with E-state index in [2.05, 4.69) is 6.92 Å². The molecule has 0 saturated heterocycles. The lowest BCUT2D eigenvalue weighted by Gasteiger charge is -2.24. The zero-order valence-corrected chi connectivity index (χ0v) is 11.7. The van der Waals surface area contributed by atoms with E-state index in [1.807, 2.05) is 13.8 Å². The first kappa shape index (κ1) is 16.9. The van der Waals surface area contributed by atoms with E-state index in [-0.39, 0.29) is 24.5 Å². The van der Waals surface area contributed by atoms with Gasteiger partial charge in [0.2, 0.25) is 0 Å². The van der Waals surface area contributed by atoms with Gasteiger partial charge in [0.25, 0.3) is 0 Å². The van der Waals surface area contributed by atoms with Crippen molar-refractivity contribution in [3.8, 4) is 0 Å². The molecule has 1 unspecified atom stereocenters. The van der Waals surface area contributed by atoms with Crippen LogP contribution in [-0.4, -0.2) is 35.4 Å². The standard InChI is InChI=1S/C13H24O5/c1-5-13(3,4)17-9-8-10(2)18-12(16)7-6-11(14)15/h10H,5-9H2,1-4H3,(H,14,15). The molecule has 0 rings (SSSR count). The van der Waals surface area contributed by atoms with Crippen molar-refractivity contribution in [2.45, 2.75) is 65.1 Å². The number of carboxylic acid groups (broad SMARTS) is 1. The third kappa shape index (κ3) is 8.98. The molecular formula is C13H24O5. The van der Waals surface area contributed by atoms with Crippen molar-refractivity contribution in [3.05, 3.63) is 0 Å². The topological polar surface area (TPSA) is 72.8 Å². The summed E-state index contributed by atoms with van der Waals surface area (Å²) < 4.78 is 10.7. The Morgan fingerprint density at radius 1 is 1.28 bits per heavy atom. The van der Waals surface area contributed by atoms with Crippen LogP contribution in [0.4, 0.5) is 0 Å². The maximum atomic E-state index is 11.2. The van der Waals surface area contributed by atoms with Crippen LogP contribution in [0, 0.1) is 0 Å². The quantitative estimate of drug-likeness (QED) is 0.644. The molecule has 0 bridgehead atoms. The van der Waals surface area contributed by atoms with Crippen LogP contribution in [-0.2, 0) is 19.1 Å². The summed E-state index contributed by atoms with van der Waals surface area (Å²) in [6.45, 7) is 8.37. The van der Waals surface area contributed by atoms with Crippen LogP contribution in [0.1, 0.15) is 53.4 Å². The van der Waals surface area contributed by atoms with E-state index in [4.69, 9.17) is 14.6 Å². The molecule has 1 atom stereocenters. The summed E-state index contributed by atoms with van der Waals surface area (Å²) in [5.74, 6) is -1.47. The molecule has 0 aromatic carbocycles. The summed E-state index contributed by atoms with van der Waals surface area (Å²) in [7, 11) is 0. The van der Waals surface area contributed by atoms with Gasteiger partial charge >= 0.3 is 11.9 Å². The maximum Gasteiger partial charge on any atom is 0.306 e. The normalized spacial score (nSPS) is 13.1.